The van der Waals surface area contributed by atoms with Crippen LogP contribution < -0.4 is 14.8 Å². The normalized spacial score (nSPS) is 11.1. The first-order valence-corrected chi connectivity index (χ1v) is 10.1. The molecule has 0 radical (unpaired) electrons. The minimum atomic E-state index is -0.569. The Morgan fingerprint density at radius 3 is 2.56 bits per heavy atom. The van der Waals surface area contributed by atoms with E-state index in [1.807, 2.05) is 19.1 Å². The number of hydrogen-bond donors (Lipinski definition) is 1. The number of benzene rings is 2. The molecule has 166 valence electrons. The minimum absolute atomic E-state index is 0.0584. The van der Waals surface area contributed by atoms with Crippen LogP contribution >= 0.6 is 0 Å². The maximum Gasteiger partial charge on any atom is 0.198 e. The number of fused-ring (bicyclic) bond motifs is 1. The van der Waals surface area contributed by atoms with Crippen molar-refractivity contribution in [2.75, 3.05) is 19.5 Å². The van der Waals surface area contributed by atoms with Gasteiger partial charge in [-0.15, -0.1) is 0 Å². The Bertz CT molecular complexity index is 1290. The van der Waals surface area contributed by atoms with E-state index in [0.29, 0.717) is 47.4 Å². The van der Waals surface area contributed by atoms with Gasteiger partial charge in [-0.1, -0.05) is 6.92 Å². The van der Waals surface area contributed by atoms with Crippen LogP contribution in [0.2, 0.25) is 0 Å². The lowest BCUT2D eigenvalue weighted by Crippen LogP contribution is -2.09. The van der Waals surface area contributed by atoms with E-state index in [1.54, 1.807) is 31.7 Å². The van der Waals surface area contributed by atoms with Crippen molar-refractivity contribution in [1.29, 1.82) is 0 Å². The van der Waals surface area contributed by atoms with E-state index in [2.05, 4.69) is 20.4 Å². The fourth-order valence-corrected chi connectivity index (χ4v) is 3.46. The molecule has 0 atom stereocenters. The third-order valence-corrected chi connectivity index (χ3v) is 5.19. The zero-order valence-corrected chi connectivity index (χ0v) is 18.2. The number of rotatable bonds is 7. The van der Waals surface area contributed by atoms with Crippen molar-refractivity contribution in [3.63, 3.8) is 0 Å². The van der Waals surface area contributed by atoms with Gasteiger partial charge in [0.25, 0.3) is 0 Å². The quantitative estimate of drug-likeness (QED) is 0.455. The van der Waals surface area contributed by atoms with E-state index < -0.39 is 11.6 Å². The van der Waals surface area contributed by atoms with E-state index in [0.717, 1.165) is 23.8 Å². The van der Waals surface area contributed by atoms with Crippen LogP contribution in [0.1, 0.15) is 24.0 Å². The minimum Gasteiger partial charge on any atom is -0.497 e. The van der Waals surface area contributed by atoms with Gasteiger partial charge in [0, 0.05) is 30.2 Å². The van der Waals surface area contributed by atoms with E-state index >= 15 is 0 Å². The Labute approximate surface area is 184 Å². The molecule has 2 aromatic carbocycles. The summed E-state index contributed by atoms with van der Waals surface area (Å²) in [4.78, 5) is 9.17. The zero-order valence-electron chi connectivity index (χ0n) is 18.2. The molecule has 0 bridgehead atoms. The molecule has 0 unspecified atom stereocenters. The summed E-state index contributed by atoms with van der Waals surface area (Å²) < 4.78 is 40.8. The number of methoxy groups -OCH3 is 2. The maximum atomic E-state index is 14.6. The van der Waals surface area contributed by atoms with Crippen LogP contribution in [0.3, 0.4) is 0 Å². The second-order valence-electron chi connectivity index (χ2n) is 7.17. The van der Waals surface area contributed by atoms with Crippen LogP contribution in [-0.4, -0.2) is 33.8 Å². The molecule has 0 saturated heterocycles. The molecule has 0 saturated carbocycles. The van der Waals surface area contributed by atoms with Gasteiger partial charge in [-0.2, -0.15) is 5.10 Å². The van der Waals surface area contributed by atoms with Crippen LogP contribution in [0.5, 0.6) is 11.5 Å². The largest absolute Gasteiger partial charge is 0.497 e. The molecule has 7 nitrogen and oxygen atoms in total. The second-order valence-corrected chi connectivity index (χ2v) is 7.17. The molecule has 0 fully saturated rings. The topological polar surface area (TPSA) is 73.6 Å². The Kier molecular flexibility index (Phi) is 5.89. The van der Waals surface area contributed by atoms with E-state index in [1.165, 1.54) is 0 Å². The van der Waals surface area contributed by atoms with E-state index in [4.69, 9.17) is 9.47 Å². The maximum absolute atomic E-state index is 14.6. The third kappa shape index (κ3) is 3.93. The summed E-state index contributed by atoms with van der Waals surface area (Å²) in [5.74, 6) is 1.23. The van der Waals surface area contributed by atoms with Gasteiger partial charge >= 0.3 is 0 Å². The lowest BCUT2D eigenvalue weighted by molar-refractivity contribution is 0.391. The fourth-order valence-electron chi connectivity index (χ4n) is 3.46. The lowest BCUT2D eigenvalue weighted by Gasteiger charge is -2.14. The van der Waals surface area contributed by atoms with Crippen molar-refractivity contribution in [2.45, 2.75) is 26.8 Å². The van der Waals surface area contributed by atoms with Crippen molar-refractivity contribution in [1.82, 2.24) is 19.6 Å². The van der Waals surface area contributed by atoms with Gasteiger partial charge < -0.3 is 14.8 Å². The fraction of sp³-hybridized carbons (Fsp3) is 0.261. The molecular weight excluding hydrogens is 416 g/mol. The molecule has 0 aliphatic rings. The monoisotopic (exact) mass is 439 g/mol. The van der Waals surface area contributed by atoms with Gasteiger partial charge in [0.1, 0.15) is 23.1 Å². The summed E-state index contributed by atoms with van der Waals surface area (Å²) >= 11 is 0. The summed E-state index contributed by atoms with van der Waals surface area (Å²) in [5.41, 5.74) is 2.27. The molecule has 2 heterocycles. The number of nitrogens with zero attached hydrogens (tertiary/aromatic N) is 4. The van der Waals surface area contributed by atoms with Crippen molar-refractivity contribution in [3.05, 3.63) is 65.1 Å². The predicted molar refractivity (Wildman–Crippen MR) is 117 cm³/mol. The first kappa shape index (κ1) is 21.5. The first-order chi connectivity index (χ1) is 15.4. The Morgan fingerprint density at radius 1 is 1.03 bits per heavy atom. The van der Waals surface area contributed by atoms with Crippen LogP contribution in [0, 0.1) is 18.6 Å². The zero-order chi connectivity index (χ0) is 22.8. The summed E-state index contributed by atoms with van der Waals surface area (Å²) in [6.45, 7) is 4.06. The van der Waals surface area contributed by atoms with Gasteiger partial charge in [-0.05, 0) is 37.3 Å². The number of aryl methyl sites for hydroxylation is 2. The molecule has 32 heavy (non-hydrogen) atoms. The molecule has 9 heteroatoms. The Morgan fingerprint density at radius 2 is 1.84 bits per heavy atom. The number of aromatic nitrogens is 4. The van der Waals surface area contributed by atoms with E-state index in [9.17, 15) is 8.78 Å². The highest BCUT2D eigenvalue weighted by Gasteiger charge is 2.19. The summed E-state index contributed by atoms with van der Waals surface area (Å²) in [7, 11) is 3.17. The number of hydrogen-bond acceptors (Lipinski definition) is 6. The standard InChI is InChI=1S/C23H23F2N5O2/c1-5-20-27-23-22(26-12-14-6-8-16(31-3)11-19(14)32-4)28-21(13(2)30(23)29-20)17-10-15(24)7-9-18(17)25/h6-11H,5,12H2,1-4H3,(H,26,28). The second kappa shape index (κ2) is 8.78. The van der Waals surface area contributed by atoms with Crippen molar-refractivity contribution < 1.29 is 18.3 Å². The van der Waals surface area contributed by atoms with Crippen LogP contribution in [0.4, 0.5) is 14.6 Å². The summed E-state index contributed by atoms with van der Waals surface area (Å²) in [6, 6.07) is 8.79. The van der Waals surface area contributed by atoms with E-state index in [-0.39, 0.29) is 11.3 Å². The lowest BCUT2D eigenvalue weighted by atomic mass is 10.1. The van der Waals surface area contributed by atoms with Crippen LogP contribution in [0.25, 0.3) is 16.9 Å². The third-order valence-electron chi connectivity index (χ3n) is 5.19. The van der Waals surface area contributed by atoms with Gasteiger partial charge in [0.15, 0.2) is 17.3 Å². The molecule has 0 aliphatic heterocycles. The van der Waals surface area contributed by atoms with Crippen molar-refractivity contribution in [2.24, 2.45) is 0 Å². The smallest absolute Gasteiger partial charge is 0.198 e. The molecule has 4 aromatic rings. The number of ether oxygens (including phenoxy) is 2. The molecular formula is C23H23F2N5O2. The highest BCUT2D eigenvalue weighted by Crippen LogP contribution is 2.30. The Balaban J connectivity index is 1.81. The SMILES string of the molecule is CCc1nc2c(NCc3ccc(OC)cc3OC)nc(-c3cc(F)ccc3F)c(C)n2n1. The van der Waals surface area contributed by atoms with Crippen LogP contribution in [-0.2, 0) is 13.0 Å². The first-order valence-electron chi connectivity index (χ1n) is 10.1. The summed E-state index contributed by atoms with van der Waals surface area (Å²) in [5, 5.41) is 7.76. The highest BCUT2D eigenvalue weighted by molar-refractivity contribution is 5.72. The van der Waals surface area contributed by atoms with Gasteiger partial charge in [0.2, 0.25) is 0 Å². The molecule has 1 N–H and O–H groups in total. The highest BCUT2D eigenvalue weighted by atomic mass is 19.1. The molecule has 4 rings (SSSR count). The molecule has 0 spiro atoms. The summed E-state index contributed by atoms with van der Waals surface area (Å²) in [6.07, 6.45) is 0.622. The number of halogens is 2. The average molecular weight is 439 g/mol. The van der Waals surface area contributed by atoms with Crippen molar-refractivity contribution in [3.8, 4) is 22.8 Å². The predicted octanol–water partition coefficient (Wildman–Crippen LogP) is 4.57. The number of anilines is 1. The molecule has 0 amide bonds. The molecule has 0 aliphatic carbocycles. The van der Waals surface area contributed by atoms with Gasteiger partial charge in [-0.25, -0.2) is 23.3 Å². The van der Waals surface area contributed by atoms with Crippen molar-refractivity contribution >= 4 is 11.5 Å². The molecule has 2 aromatic heterocycles. The average Bonchev–Trinajstić information content (AvgIpc) is 3.25. The Hall–Kier alpha value is -3.75. The van der Waals surface area contributed by atoms with Crippen LogP contribution in [0.15, 0.2) is 36.4 Å². The number of nitrogens with one attached hydrogen (secondary N) is 1. The van der Waals surface area contributed by atoms with Gasteiger partial charge in [-0.3, -0.25) is 0 Å². The van der Waals surface area contributed by atoms with Gasteiger partial charge in [0.05, 0.1) is 25.6 Å².